The molecule has 1 atom stereocenters. The molecule has 1 aromatic heterocycles. The van der Waals surface area contributed by atoms with E-state index in [0.29, 0.717) is 29.6 Å². The zero-order chi connectivity index (χ0) is 17.3. The van der Waals surface area contributed by atoms with E-state index in [1.807, 2.05) is 25.1 Å². The first-order valence-corrected chi connectivity index (χ1v) is 8.24. The van der Waals surface area contributed by atoms with Crippen LogP contribution in [0.1, 0.15) is 25.5 Å². The molecule has 0 fully saturated rings. The van der Waals surface area contributed by atoms with Crippen LogP contribution in [0.2, 0.25) is 0 Å². The van der Waals surface area contributed by atoms with E-state index in [-0.39, 0.29) is 0 Å². The van der Waals surface area contributed by atoms with Gasteiger partial charge < -0.3 is 14.8 Å². The van der Waals surface area contributed by atoms with Crippen molar-refractivity contribution in [3.8, 4) is 5.75 Å². The summed E-state index contributed by atoms with van der Waals surface area (Å²) in [6, 6.07) is 5.14. The molecule has 3 rings (SSSR count). The standard InChI is InChI=1S/C16H17BrN4O3/c1-4-24-15(22)13-9(2)20-16-18-8-19-21(16)14(13)11-7-10(17)5-6-12(11)23-3/h5-8,14H,4H2,1-3H3,(H,18,19,20). The quantitative estimate of drug-likeness (QED) is 0.805. The first kappa shape index (κ1) is 16.5. The van der Waals surface area contributed by atoms with Crippen LogP contribution in [0.25, 0.3) is 0 Å². The number of methoxy groups -OCH3 is 1. The Labute approximate surface area is 147 Å². The lowest BCUT2D eigenvalue weighted by Gasteiger charge is -2.29. The van der Waals surface area contributed by atoms with Gasteiger partial charge in [0.05, 0.1) is 19.3 Å². The Hall–Kier alpha value is -2.35. The zero-order valence-corrected chi connectivity index (χ0v) is 15.1. The number of hydrogen-bond acceptors (Lipinski definition) is 6. The fourth-order valence-corrected chi connectivity index (χ4v) is 3.15. The van der Waals surface area contributed by atoms with E-state index < -0.39 is 12.0 Å². The monoisotopic (exact) mass is 392 g/mol. The second-order valence-electron chi connectivity index (χ2n) is 5.20. The Morgan fingerprint density at radius 3 is 2.96 bits per heavy atom. The van der Waals surface area contributed by atoms with Crippen LogP contribution in [0.3, 0.4) is 0 Å². The van der Waals surface area contributed by atoms with Gasteiger partial charge in [-0.2, -0.15) is 10.1 Å². The molecular formula is C16H17BrN4O3. The van der Waals surface area contributed by atoms with Crippen molar-refractivity contribution in [2.75, 3.05) is 19.0 Å². The summed E-state index contributed by atoms with van der Waals surface area (Å²) in [4.78, 5) is 16.8. The van der Waals surface area contributed by atoms with Crippen molar-refractivity contribution < 1.29 is 14.3 Å². The molecule has 1 N–H and O–H groups in total. The molecule has 2 heterocycles. The number of carbonyl (C=O) groups is 1. The number of carbonyl (C=O) groups excluding carboxylic acids is 1. The number of esters is 1. The lowest BCUT2D eigenvalue weighted by atomic mass is 9.95. The number of allylic oxidation sites excluding steroid dienone is 1. The topological polar surface area (TPSA) is 78.3 Å². The molecule has 0 bridgehead atoms. The van der Waals surface area contributed by atoms with E-state index in [0.717, 1.165) is 10.0 Å². The summed E-state index contributed by atoms with van der Waals surface area (Å²) >= 11 is 3.48. The first-order valence-electron chi connectivity index (χ1n) is 7.44. The molecule has 1 aliphatic rings. The van der Waals surface area contributed by atoms with Gasteiger partial charge >= 0.3 is 5.97 Å². The van der Waals surface area contributed by atoms with Crippen molar-refractivity contribution in [1.82, 2.24) is 14.8 Å². The van der Waals surface area contributed by atoms with E-state index in [4.69, 9.17) is 9.47 Å². The van der Waals surface area contributed by atoms with Gasteiger partial charge in [0.25, 0.3) is 0 Å². The predicted molar refractivity (Wildman–Crippen MR) is 91.8 cm³/mol. The Morgan fingerprint density at radius 1 is 1.46 bits per heavy atom. The highest BCUT2D eigenvalue weighted by molar-refractivity contribution is 9.10. The molecule has 0 radical (unpaired) electrons. The number of rotatable bonds is 4. The van der Waals surface area contributed by atoms with E-state index in [9.17, 15) is 4.79 Å². The van der Waals surface area contributed by atoms with Crippen molar-refractivity contribution in [1.29, 1.82) is 0 Å². The average Bonchev–Trinajstić information content (AvgIpc) is 3.01. The van der Waals surface area contributed by atoms with Gasteiger partial charge in [0, 0.05) is 15.7 Å². The molecule has 0 spiro atoms. The molecule has 2 aromatic rings. The van der Waals surface area contributed by atoms with Gasteiger partial charge in [-0.3, -0.25) is 0 Å². The maximum absolute atomic E-state index is 12.6. The molecule has 24 heavy (non-hydrogen) atoms. The van der Waals surface area contributed by atoms with Crippen molar-refractivity contribution in [2.24, 2.45) is 0 Å². The summed E-state index contributed by atoms with van der Waals surface area (Å²) in [6.45, 7) is 3.89. The molecule has 8 heteroatoms. The largest absolute Gasteiger partial charge is 0.496 e. The van der Waals surface area contributed by atoms with Crippen molar-refractivity contribution in [2.45, 2.75) is 19.9 Å². The van der Waals surface area contributed by atoms with Crippen LogP contribution in [-0.4, -0.2) is 34.5 Å². The molecule has 1 aromatic carbocycles. The number of nitrogens with zero attached hydrogens (tertiary/aromatic N) is 3. The van der Waals surface area contributed by atoms with Crippen LogP contribution in [0.4, 0.5) is 5.95 Å². The third-order valence-corrected chi connectivity index (χ3v) is 4.27. The number of halogens is 1. The minimum Gasteiger partial charge on any atom is -0.496 e. The van der Waals surface area contributed by atoms with Gasteiger partial charge in [0.15, 0.2) is 0 Å². The normalized spacial score (nSPS) is 16.4. The van der Waals surface area contributed by atoms with Gasteiger partial charge in [0.1, 0.15) is 18.1 Å². The second kappa shape index (κ2) is 6.64. The molecule has 0 amide bonds. The van der Waals surface area contributed by atoms with Crippen LogP contribution in [-0.2, 0) is 9.53 Å². The summed E-state index contributed by atoms with van der Waals surface area (Å²) in [5.41, 5.74) is 1.95. The van der Waals surface area contributed by atoms with E-state index in [1.165, 1.54) is 6.33 Å². The van der Waals surface area contributed by atoms with Crippen molar-refractivity contribution in [3.05, 3.63) is 45.8 Å². The molecule has 7 nitrogen and oxygen atoms in total. The number of benzene rings is 1. The lowest BCUT2D eigenvalue weighted by molar-refractivity contribution is -0.139. The van der Waals surface area contributed by atoms with E-state index in [2.05, 4.69) is 31.3 Å². The van der Waals surface area contributed by atoms with E-state index in [1.54, 1.807) is 18.7 Å². The number of aromatic nitrogens is 3. The predicted octanol–water partition coefficient (Wildman–Crippen LogP) is 2.90. The summed E-state index contributed by atoms with van der Waals surface area (Å²) in [5, 5.41) is 7.37. The number of nitrogens with one attached hydrogen (secondary N) is 1. The minimum atomic E-state index is -0.491. The Balaban J connectivity index is 2.22. The highest BCUT2D eigenvalue weighted by Gasteiger charge is 2.35. The summed E-state index contributed by atoms with van der Waals surface area (Å²) < 4.78 is 13.3. The number of ether oxygens (including phenoxy) is 2. The van der Waals surface area contributed by atoms with Crippen molar-refractivity contribution in [3.63, 3.8) is 0 Å². The fourth-order valence-electron chi connectivity index (χ4n) is 2.77. The van der Waals surface area contributed by atoms with Crippen LogP contribution < -0.4 is 10.1 Å². The van der Waals surface area contributed by atoms with Gasteiger partial charge in [-0.1, -0.05) is 15.9 Å². The number of fused-ring (bicyclic) bond motifs is 1. The minimum absolute atomic E-state index is 0.294. The van der Waals surface area contributed by atoms with Crippen LogP contribution in [0, 0.1) is 0 Å². The highest BCUT2D eigenvalue weighted by Crippen LogP contribution is 2.40. The van der Waals surface area contributed by atoms with Crippen molar-refractivity contribution >= 4 is 27.8 Å². The van der Waals surface area contributed by atoms with Gasteiger partial charge in [-0.05, 0) is 32.0 Å². The summed E-state index contributed by atoms with van der Waals surface area (Å²) in [7, 11) is 1.59. The van der Waals surface area contributed by atoms with Crippen LogP contribution in [0.15, 0.2) is 40.3 Å². The molecular weight excluding hydrogens is 376 g/mol. The zero-order valence-electron chi connectivity index (χ0n) is 13.5. The van der Waals surface area contributed by atoms with Crippen LogP contribution in [0.5, 0.6) is 5.75 Å². The lowest BCUT2D eigenvalue weighted by Crippen LogP contribution is -2.30. The third kappa shape index (κ3) is 2.77. The molecule has 1 unspecified atom stereocenters. The van der Waals surface area contributed by atoms with Gasteiger partial charge in [-0.15, -0.1) is 0 Å². The fraction of sp³-hybridized carbons (Fsp3) is 0.312. The molecule has 1 aliphatic heterocycles. The smallest absolute Gasteiger partial charge is 0.338 e. The Bertz CT molecular complexity index is 815. The Morgan fingerprint density at radius 2 is 2.25 bits per heavy atom. The number of hydrogen-bond donors (Lipinski definition) is 1. The van der Waals surface area contributed by atoms with E-state index >= 15 is 0 Å². The SMILES string of the molecule is CCOC(=O)C1=C(C)Nc2ncnn2C1c1cc(Br)ccc1OC. The molecule has 0 saturated heterocycles. The Kier molecular flexibility index (Phi) is 4.57. The average molecular weight is 393 g/mol. The summed E-state index contributed by atoms with van der Waals surface area (Å²) in [6.07, 6.45) is 1.45. The van der Waals surface area contributed by atoms with Gasteiger partial charge in [0.2, 0.25) is 5.95 Å². The maximum atomic E-state index is 12.6. The highest BCUT2D eigenvalue weighted by atomic mass is 79.9. The first-order chi connectivity index (χ1) is 11.6. The molecule has 0 saturated carbocycles. The molecule has 126 valence electrons. The maximum Gasteiger partial charge on any atom is 0.338 e. The van der Waals surface area contributed by atoms with Crippen LogP contribution >= 0.6 is 15.9 Å². The van der Waals surface area contributed by atoms with Gasteiger partial charge in [-0.25, -0.2) is 9.48 Å². The second-order valence-corrected chi connectivity index (χ2v) is 6.12. The molecule has 0 aliphatic carbocycles. The summed E-state index contributed by atoms with van der Waals surface area (Å²) in [5.74, 6) is 0.824. The third-order valence-electron chi connectivity index (χ3n) is 3.78. The number of anilines is 1.